The number of aliphatic imine (C=N–C) groups is 1. The molecule has 1 N–H and O–H groups in total. The van der Waals surface area contributed by atoms with Crippen LogP contribution in [0.15, 0.2) is 41.4 Å². The van der Waals surface area contributed by atoms with Gasteiger partial charge in [-0.05, 0) is 40.0 Å². The van der Waals surface area contributed by atoms with Crippen LogP contribution in [0.3, 0.4) is 0 Å². The Balaban J connectivity index is 0. The molecule has 0 aliphatic heterocycles. The summed E-state index contributed by atoms with van der Waals surface area (Å²) in [6.45, 7) is 15.1. The Bertz CT molecular complexity index is 744. The van der Waals surface area contributed by atoms with Gasteiger partial charge in [0.25, 0.3) is 0 Å². The third-order valence-corrected chi connectivity index (χ3v) is 4.55. The largest absolute Gasteiger partial charge is 2.00 e. The van der Waals surface area contributed by atoms with Crippen LogP contribution >= 0.6 is 0 Å². The molecule has 156 valence electrons. The van der Waals surface area contributed by atoms with E-state index < -0.39 is 0 Å². The van der Waals surface area contributed by atoms with E-state index in [1.54, 1.807) is 6.21 Å². The molecule has 0 fully saturated rings. The van der Waals surface area contributed by atoms with Crippen molar-refractivity contribution in [3.8, 4) is 5.75 Å². The van der Waals surface area contributed by atoms with Crippen molar-refractivity contribution in [1.29, 1.82) is 0 Å². The summed E-state index contributed by atoms with van der Waals surface area (Å²) in [6.07, 6.45) is 1.80. The van der Waals surface area contributed by atoms with Crippen molar-refractivity contribution in [2.24, 2.45) is 4.99 Å². The van der Waals surface area contributed by atoms with E-state index in [2.05, 4.69) is 66.7 Å². The second-order valence-corrected chi connectivity index (χ2v) is 8.35. The summed E-state index contributed by atoms with van der Waals surface area (Å²) in [5.41, 5.74) is 5.13. The molecule has 0 aliphatic rings. The number of benzene rings is 2. The molecule has 0 heterocycles. The fourth-order valence-corrected chi connectivity index (χ4v) is 3.07. The number of hydrogen-bond donors (Lipinski definition) is 1. The number of para-hydroxylation sites is 2. The Hall–Kier alpha value is -1.47. The molecule has 2 nitrogen and oxygen atoms in total. The Morgan fingerprint density at radius 2 is 1.32 bits per heavy atom. The smallest absolute Gasteiger partial charge is 0.507 e. The van der Waals surface area contributed by atoms with Crippen molar-refractivity contribution >= 4 is 11.9 Å². The summed E-state index contributed by atoms with van der Waals surface area (Å²) >= 11 is 0. The molecule has 2 rings (SSSR count). The Morgan fingerprint density at radius 3 is 1.75 bits per heavy atom. The maximum Gasteiger partial charge on any atom is 2.00 e. The average molecular weight is 469 g/mol. The van der Waals surface area contributed by atoms with Crippen LogP contribution in [0.1, 0.15) is 82.6 Å². The summed E-state index contributed by atoms with van der Waals surface area (Å²) in [5.74, 6) is 1.13. The molecule has 0 saturated carbocycles. The van der Waals surface area contributed by atoms with Crippen LogP contribution < -0.4 is 0 Å². The molecule has 0 unspecified atom stereocenters. The van der Waals surface area contributed by atoms with E-state index in [0.717, 1.165) is 16.8 Å². The molecule has 0 aliphatic carbocycles. The first-order chi connectivity index (χ1) is 11.6. The Kier molecular flexibility index (Phi) is 11.8. The van der Waals surface area contributed by atoms with Crippen molar-refractivity contribution < 1.29 is 24.6 Å². The maximum atomic E-state index is 10.7. The van der Waals surface area contributed by atoms with Crippen LogP contribution in [0.25, 0.3) is 0 Å². The van der Waals surface area contributed by atoms with Gasteiger partial charge < -0.3 is 20.0 Å². The number of phenols is 1. The van der Waals surface area contributed by atoms with Crippen LogP contribution in [-0.4, -0.2) is 11.3 Å². The van der Waals surface area contributed by atoms with Gasteiger partial charge in [-0.1, -0.05) is 78.8 Å². The fraction of sp³-hybridized carbons (Fsp3) is 0.400. The normalized spacial score (nSPS) is 11.2. The second-order valence-electron chi connectivity index (χ2n) is 8.35. The third-order valence-electron chi connectivity index (χ3n) is 4.55. The zero-order chi connectivity index (χ0) is 18.8. The molecule has 3 heteroatoms. The Morgan fingerprint density at radius 1 is 0.857 bits per heavy atom. The monoisotopic (exact) mass is 469 g/mol. The minimum Gasteiger partial charge on any atom is -0.507 e. The minimum atomic E-state index is -0.104. The SMILES string of the molecule is CC(C)c1cccc(C(C)C)c1N=Cc1cccc(C(C)(C)C)c1O.[CH3-].[CH3-].[Ru+2]. The zero-order valence-corrected chi connectivity index (χ0v) is 20.7. The maximum absolute atomic E-state index is 10.7. The summed E-state index contributed by atoms with van der Waals surface area (Å²) in [4.78, 5) is 4.82. The number of aromatic hydroxyl groups is 1. The van der Waals surface area contributed by atoms with Gasteiger partial charge in [-0.3, -0.25) is 4.99 Å². The summed E-state index contributed by atoms with van der Waals surface area (Å²) in [5, 5.41) is 10.7. The minimum absolute atomic E-state index is 0. The first-order valence-corrected chi connectivity index (χ1v) is 9.12. The fourth-order valence-electron chi connectivity index (χ4n) is 3.07. The van der Waals surface area contributed by atoms with Crippen LogP contribution in [0.5, 0.6) is 5.75 Å². The quantitative estimate of drug-likeness (QED) is 0.280. The first kappa shape index (κ1) is 28.7. The van der Waals surface area contributed by atoms with E-state index in [9.17, 15) is 5.11 Å². The standard InChI is InChI=1S/C23H31NO.2CH3.Ru/c1-15(2)18-11-9-12-19(16(3)4)21(18)24-14-17-10-8-13-20(22(17)25)23(5,6)7;;;/h8-16,25H,1-7H3;2*1H3;/q;2*-1;+2. The van der Waals surface area contributed by atoms with E-state index in [0.29, 0.717) is 17.6 Å². The second kappa shape index (κ2) is 11.5. The van der Waals surface area contributed by atoms with Gasteiger partial charge in [0.15, 0.2) is 0 Å². The number of phenolic OH excluding ortho intramolecular Hbond substituents is 1. The molecule has 0 radical (unpaired) electrons. The summed E-state index contributed by atoms with van der Waals surface area (Å²) in [7, 11) is 0. The average Bonchev–Trinajstić information content (AvgIpc) is 2.52. The third kappa shape index (κ3) is 6.55. The van der Waals surface area contributed by atoms with Gasteiger partial charge in [0.05, 0.1) is 5.69 Å². The van der Waals surface area contributed by atoms with Gasteiger partial charge in [-0.15, -0.1) is 0 Å². The van der Waals surface area contributed by atoms with Crippen molar-refractivity contribution in [2.45, 2.75) is 65.7 Å². The van der Waals surface area contributed by atoms with Crippen molar-refractivity contribution in [3.63, 3.8) is 0 Å². The predicted molar refractivity (Wildman–Crippen MR) is 122 cm³/mol. The van der Waals surface area contributed by atoms with Gasteiger partial charge in [-0.25, -0.2) is 0 Å². The van der Waals surface area contributed by atoms with E-state index in [1.807, 2.05) is 18.2 Å². The van der Waals surface area contributed by atoms with E-state index in [1.165, 1.54) is 11.1 Å². The predicted octanol–water partition coefficient (Wildman–Crippen LogP) is 7.59. The summed E-state index contributed by atoms with van der Waals surface area (Å²) in [6, 6.07) is 12.3. The number of rotatable bonds is 4. The molecule has 2 aromatic carbocycles. The van der Waals surface area contributed by atoms with Crippen molar-refractivity contribution in [1.82, 2.24) is 0 Å². The van der Waals surface area contributed by atoms with E-state index >= 15 is 0 Å². The van der Waals surface area contributed by atoms with Crippen LogP contribution in [-0.2, 0) is 24.9 Å². The van der Waals surface area contributed by atoms with E-state index in [4.69, 9.17) is 4.99 Å². The zero-order valence-electron chi connectivity index (χ0n) is 18.9. The van der Waals surface area contributed by atoms with Crippen molar-refractivity contribution in [3.05, 3.63) is 73.5 Å². The summed E-state index contributed by atoms with van der Waals surface area (Å²) < 4.78 is 0. The molecule has 0 bridgehead atoms. The molecule has 0 atom stereocenters. The number of hydrogen-bond acceptors (Lipinski definition) is 2. The number of nitrogens with zero attached hydrogens (tertiary/aromatic N) is 1. The molecule has 0 spiro atoms. The van der Waals surface area contributed by atoms with Crippen LogP contribution in [0.2, 0.25) is 0 Å². The van der Waals surface area contributed by atoms with Gasteiger partial charge in [0.1, 0.15) is 5.75 Å². The van der Waals surface area contributed by atoms with Gasteiger partial charge >= 0.3 is 19.5 Å². The van der Waals surface area contributed by atoms with Crippen molar-refractivity contribution in [2.75, 3.05) is 0 Å². The molecule has 0 aromatic heterocycles. The van der Waals surface area contributed by atoms with Crippen LogP contribution in [0, 0.1) is 14.9 Å². The van der Waals surface area contributed by atoms with Gasteiger partial charge in [0.2, 0.25) is 0 Å². The van der Waals surface area contributed by atoms with Gasteiger partial charge in [-0.2, -0.15) is 0 Å². The van der Waals surface area contributed by atoms with Crippen LogP contribution in [0.4, 0.5) is 5.69 Å². The Labute approximate surface area is 186 Å². The van der Waals surface area contributed by atoms with Gasteiger partial charge in [0, 0.05) is 11.8 Å². The molecule has 0 amide bonds. The molecule has 0 saturated heterocycles. The molecular formula is C25H37NORu. The molecular weight excluding hydrogens is 431 g/mol. The van der Waals surface area contributed by atoms with E-state index in [-0.39, 0.29) is 39.7 Å². The first-order valence-electron chi connectivity index (χ1n) is 9.12. The topological polar surface area (TPSA) is 32.6 Å². The molecule has 28 heavy (non-hydrogen) atoms. The molecule has 2 aromatic rings.